The maximum Gasteiger partial charge on any atom is 0.306 e. The van der Waals surface area contributed by atoms with E-state index in [1.54, 1.807) is 0 Å². The molecule has 0 fully saturated rings. The van der Waals surface area contributed by atoms with Crippen molar-refractivity contribution < 1.29 is 28.6 Å². The van der Waals surface area contributed by atoms with Crippen molar-refractivity contribution in [3.63, 3.8) is 0 Å². The van der Waals surface area contributed by atoms with Crippen LogP contribution in [0, 0.1) is 0 Å². The van der Waals surface area contributed by atoms with Crippen molar-refractivity contribution in [3.8, 4) is 0 Å². The fraction of sp³-hybridized carbons (Fsp3) is 0.603. The number of carbonyl (C=O) groups is 3. The van der Waals surface area contributed by atoms with Crippen molar-refractivity contribution in [2.45, 2.75) is 213 Å². The number of hydrogen-bond donors (Lipinski definition) is 0. The van der Waals surface area contributed by atoms with Gasteiger partial charge < -0.3 is 14.2 Å². The molecule has 6 heteroatoms. The number of unbranched alkanes of at least 4 members (excludes halogenated alkanes) is 18. The Labute approximate surface area is 392 Å². The molecule has 0 heterocycles. The quantitative estimate of drug-likeness (QED) is 0.0199. The monoisotopic (exact) mass is 885 g/mol. The highest BCUT2D eigenvalue weighted by Gasteiger charge is 2.19. The third kappa shape index (κ3) is 48.8. The van der Waals surface area contributed by atoms with E-state index >= 15 is 0 Å². The van der Waals surface area contributed by atoms with Gasteiger partial charge in [-0.1, -0.05) is 219 Å². The lowest BCUT2D eigenvalue weighted by atomic mass is 10.1. The number of allylic oxidation sites excluding steroid dienone is 20. The predicted molar refractivity (Wildman–Crippen MR) is 274 cm³/mol. The lowest BCUT2D eigenvalue weighted by Gasteiger charge is -2.18. The predicted octanol–water partition coefficient (Wildman–Crippen LogP) is 16.9. The van der Waals surface area contributed by atoms with Crippen LogP contribution in [0.3, 0.4) is 0 Å². The molecule has 6 nitrogen and oxygen atoms in total. The van der Waals surface area contributed by atoms with E-state index in [0.717, 1.165) is 96.3 Å². The Morgan fingerprint density at radius 2 is 0.688 bits per heavy atom. The van der Waals surface area contributed by atoms with Gasteiger partial charge >= 0.3 is 17.9 Å². The van der Waals surface area contributed by atoms with Crippen molar-refractivity contribution in [2.24, 2.45) is 0 Å². The molecule has 0 aliphatic heterocycles. The standard InChI is InChI=1S/C58H92O6/c1-4-7-10-13-16-19-22-24-26-28-30-31-33-36-39-42-45-48-51-57(60)63-54-55(53-62-56(59)50-47-44-41-38-35-21-18-15-12-9-6-3)64-58(61)52-49-46-43-40-37-34-32-29-27-25-23-20-17-14-11-8-5-2/h10,13,15-16,18-19,21-22,24-28,30-32,34-35,40,43,55H,4-9,11-12,14,17,20,23,29,33,36-39,41-42,44-54H2,1-3H3/b13-10-,18-15-,19-16-,24-22-,27-25-,28-26-,31-30-,34-32-,35-21-,43-40-. The second kappa shape index (κ2) is 51.4. The van der Waals surface area contributed by atoms with E-state index in [0.29, 0.717) is 19.3 Å². The van der Waals surface area contributed by atoms with Gasteiger partial charge in [-0.25, -0.2) is 0 Å². The first kappa shape index (κ1) is 59.8. The van der Waals surface area contributed by atoms with Crippen molar-refractivity contribution in [3.05, 3.63) is 122 Å². The molecule has 0 saturated carbocycles. The van der Waals surface area contributed by atoms with Gasteiger partial charge in [-0.2, -0.15) is 0 Å². The summed E-state index contributed by atoms with van der Waals surface area (Å²) in [5, 5.41) is 0. The molecule has 0 aliphatic rings. The molecule has 0 saturated heterocycles. The first-order valence-corrected chi connectivity index (χ1v) is 25.6. The van der Waals surface area contributed by atoms with Crippen molar-refractivity contribution >= 4 is 17.9 Å². The van der Waals surface area contributed by atoms with Crippen LogP contribution in [0.1, 0.15) is 207 Å². The highest BCUT2D eigenvalue weighted by Crippen LogP contribution is 2.12. The molecule has 0 aromatic rings. The molecule has 0 rings (SSSR count). The summed E-state index contributed by atoms with van der Waals surface area (Å²) >= 11 is 0. The number of carbonyl (C=O) groups excluding carboxylic acids is 3. The number of esters is 3. The van der Waals surface area contributed by atoms with Gasteiger partial charge in [0.25, 0.3) is 0 Å². The minimum absolute atomic E-state index is 0.124. The van der Waals surface area contributed by atoms with Crippen molar-refractivity contribution in [2.75, 3.05) is 13.2 Å². The van der Waals surface area contributed by atoms with Crippen LogP contribution >= 0.6 is 0 Å². The molecule has 0 radical (unpaired) electrons. The zero-order chi connectivity index (χ0) is 46.5. The highest BCUT2D eigenvalue weighted by molar-refractivity contribution is 5.71. The van der Waals surface area contributed by atoms with Crippen LogP contribution in [0.5, 0.6) is 0 Å². The maximum atomic E-state index is 12.8. The lowest BCUT2D eigenvalue weighted by molar-refractivity contribution is -0.167. The van der Waals surface area contributed by atoms with Gasteiger partial charge in [-0.3, -0.25) is 14.4 Å². The maximum absolute atomic E-state index is 12.8. The van der Waals surface area contributed by atoms with Gasteiger partial charge in [-0.15, -0.1) is 0 Å². The number of ether oxygens (including phenoxy) is 3. The Bertz CT molecular complexity index is 1390. The SMILES string of the molecule is CCC\C=C/C=C\C=C/C=C\C=C/CCCCCCCC(=O)OCC(COC(=O)CCCCC/C=C\C=C/CCCC)OC(=O)CCC/C=C\C/C=C\C/C=C\CCCCCCCC. The lowest BCUT2D eigenvalue weighted by Crippen LogP contribution is -2.30. The van der Waals surface area contributed by atoms with Crippen LogP contribution in [-0.2, 0) is 28.6 Å². The Balaban J connectivity index is 4.56. The van der Waals surface area contributed by atoms with Crippen LogP contribution in [0.2, 0.25) is 0 Å². The molecular formula is C58H92O6. The van der Waals surface area contributed by atoms with Crippen LogP contribution in [0.4, 0.5) is 0 Å². The summed E-state index contributed by atoms with van der Waals surface area (Å²) in [4.78, 5) is 37.9. The number of hydrogen-bond acceptors (Lipinski definition) is 6. The Morgan fingerprint density at radius 1 is 0.328 bits per heavy atom. The molecule has 0 amide bonds. The first-order valence-electron chi connectivity index (χ1n) is 25.6. The molecule has 64 heavy (non-hydrogen) atoms. The van der Waals surface area contributed by atoms with E-state index in [4.69, 9.17) is 14.2 Å². The second-order valence-corrected chi connectivity index (χ2v) is 16.5. The van der Waals surface area contributed by atoms with E-state index in [9.17, 15) is 14.4 Å². The van der Waals surface area contributed by atoms with Crippen LogP contribution in [0.15, 0.2) is 122 Å². The molecule has 0 aliphatic carbocycles. The van der Waals surface area contributed by atoms with E-state index in [-0.39, 0.29) is 37.5 Å². The third-order valence-electron chi connectivity index (χ3n) is 10.3. The topological polar surface area (TPSA) is 78.9 Å². The normalized spacial score (nSPS) is 13.1. The van der Waals surface area contributed by atoms with E-state index in [1.807, 2.05) is 36.5 Å². The molecular weight excluding hydrogens is 793 g/mol. The molecule has 0 aromatic carbocycles. The molecule has 0 spiro atoms. The van der Waals surface area contributed by atoms with Crippen LogP contribution in [-0.4, -0.2) is 37.2 Å². The van der Waals surface area contributed by atoms with Crippen molar-refractivity contribution in [1.29, 1.82) is 0 Å². The average Bonchev–Trinajstić information content (AvgIpc) is 3.29. The molecule has 0 aromatic heterocycles. The first-order chi connectivity index (χ1) is 31.5. The molecule has 1 atom stereocenters. The zero-order valence-electron chi connectivity index (χ0n) is 41.0. The molecule has 0 bridgehead atoms. The zero-order valence-corrected chi connectivity index (χ0v) is 41.0. The summed E-state index contributed by atoms with van der Waals surface area (Å²) in [6, 6.07) is 0. The second-order valence-electron chi connectivity index (χ2n) is 16.5. The van der Waals surface area contributed by atoms with Gasteiger partial charge in [0, 0.05) is 19.3 Å². The average molecular weight is 885 g/mol. The third-order valence-corrected chi connectivity index (χ3v) is 10.3. The van der Waals surface area contributed by atoms with Crippen molar-refractivity contribution in [1.82, 2.24) is 0 Å². The summed E-state index contributed by atoms with van der Waals surface area (Å²) in [6.07, 6.45) is 70.4. The molecule has 0 N–H and O–H groups in total. The van der Waals surface area contributed by atoms with Gasteiger partial charge in [0.1, 0.15) is 13.2 Å². The largest absolute Gasteiger partial charge is 0.462 e. The summed E-state index contributed by atoms with van der Waals surface area (Å²) in [5.41, 5.74) is 0. The molecule has 1 unspecified atom stereocenters. The van der Waals surface area contributed by atoms with Gasteiger partial charge in [0.05, 0.1) is 0 Å². The molecule has 360 valence electrons. The fourth-order valence-electron chi connectivity index (χ4n) is 6.40. The minimum atomic E-state index is -0.829. The van der Waals surface area contributed by atoms with E-state index < -0.39 is 6.10 Å². The van der Waals surface area contributed by atoms with Crippen LogP contribution < -0.4 is 0 Å². The highest BCUT2D eigenvalue weighted by atomic mass is 16.6. The Hall–Kier alpha value is -4.19. The Kier molecular flexibility index (Phi) is 48.1. The number of rotatable bonds is 44. The van der Waals surface area contributed by atoms with Gasteiger partial charge in [-0.05, 0) is 89.9 Å². The smallest absolute Gasteiger partial charge is 0.306 e. The fourth-order valence-corrected chi connectivity index (χ4v) is 6.40. The minimum Gasteiger partial charge on any atom is -0.462 e. The van der Waals surface area contributed by atoms with Gasteiger partial charge in [0.2, 0.25) is 0 Å². The van der Waals surface area contributed by atoms with E-state index in [2.05, 4.69) is 106 Å². The van der Waals surface area contributed by atoms with Gasteiger partial charge in [0.15, 0.2) is 6.10 Å². The van der Waals surface area contributed by atoms with E-state index in [1.165, 1.54) is 64.2 Å². The summed E-state index contributed by atoms with van der Waals surface area (Å²) in [5.74, 6) is -1.04. The summed E-state index contributed by atoms with van der Waals surface area (Å²) in [6.45, 7) is 6.38. The van der Waals surface area contributed by atoms with Crippen LogP contribution in [0.25, 0.3) is 0 Å². The Morgan fingerprint density at radius 3 is 1.20 bits per heavy atom. The summed E-state index contributed by atoms with van der Waals surface area (Å²) < 4.78 is 16.7. The summed E-state index contributed by atoms with van der Waals surface area (Å²) in [7, 11) is 0.